The van der Waals surface area contributed by atoms with Crippen molar-refractivity contribution in [2.24, 2.45) is 0 Å². The fourth-order valence-electron chi connectivity index (χ4n) is 3.44. The maximum Gasteiger partial charge on any atom is 0.407 e. The summed E-state index contributed by atoms with van der Waals surface area (Å²) in [5.41, 5.74) is 4.30. The molecule has 31 heavy (non-hydrogen) atoms. The van der Waals surface area contributed by atoms with Crippen LogP contribution in [0.5, 0.6) is 0 Å². The Morgan fingerprint density at radius 3 is 2.16 bits per heavy atom. The molecular formula is C22H25N3O6. The molecule has 3 N–H and O–H groups in total. The molecule has 3 rings (SSSR count). The van der Waals surface area contributed by atoms with Gasteiger partial charge in [0.2, 0.25) is 5.91 Å². The molecule has 0 saturated heterocycles. The fraction of sp³-hybridized carbons (Fsp3) is 0.318. The summed E-state index contributed by atoms with van der Waals surface area (Å²) in [5, 5.41) is 15.4. The van der Waals surface area contributed by atoms with Gasteiger partial charge in [0.1, 0.15) is 19.3 Å². The van der Waals surface area contributed by atoms with Crippen molar-refractivity contribution in [2.45, 2.75) is 12.0 Å². The zero-order chi connectivity index (χ0) is 22.4. The number of carboxylic acid groups (broad SMARTS) is 1. The first kappa shape index (κ1) is 22.3. The Morgan fingerprint density at radius 1 is 1.03 bits per heavy atom. The van der Waals surface area contributed by atoms with Crippen LogP contribution in [0.25, 0.3) is 11.1 Å². The van der Waals surface area contributed by atoms with Crippen LogP contribution in [0.2, 0.25) is 0 Å². The molecule has 2 aromatic rings. The summed E-state index contributed by atoms with van der Waals surface area (Å²) in [4.78, 5) is 40.4. The maximum absolute atomic E-state index is 12.3. The summed E-state index contributed by atoms with van der Waals surface area (Å²) in [5.74, 6) is -1.93. The van der Waals surface area contributed by atoms with Crippen molar-refractivity contribution >= 4 is 18.0 Å². The Kier molecular flexibility index (Phi) is 7.22. The molecule has 9 nitrogen and oxygen atoms in total. The lowest BCUT2D eigenvalue weighted by molar-refractivity contribution is -0.151. The predicted octanol–water partition coefficient (Wildman–Crippen LogP) is 1.59. The summed E-state index contributed by atoms with van der Waals surface area (Å²) < 4.78 is 5.35. The van der Waals surface area contributed by atoms with E-state index < -0.39 is 24.0 Å². The lowest BCUT2D eigenvalue weighted by Crippen LogP contribution is -2.49. The third-order valence-electron chi connectivity index (χ3n) is 4.89. The molecule has 0 spiro atoms. The van der Waals surface area contributed by atoms with Crippen molar-refractivity contribution in [1.82, 2.24) is 15.7 Å². The third kappa shape index (κ3) is 5.59. The number of fused-ring (bicyclic) bond motifs is 3. The second-order valence-corrected chi connectivity index (χ2v) is 7.25. The maximum atomic E-state index is 12.3. The lowest BCUT2D eigenvalue weighted by Gasteiger charge is -2.18. The predicted molar refractivity (Wildman–Crippen MR) is 112 cm³/mol. The number of carbonyl (C=O) groups excluding carboxylic acids is 2. The molecule has 0 unspecified atom stereocenters. The number of nitrogens with zero attached hydrogens (tertiary/aromatic N) is 1. The normalized spacial score (nSPS) is 13.3. The number of alkyl carbamates (subject to hydrolysis) is 1. The van der Waals surface area contributed by atoms with E-state index in [1.165, 1.54) is 5.06 Å². The van der Waals surface area contributed by atoms with Crippen molar-refractivity contribution in [3.63, 3.8) is 0 Å². The minimum absolute atomic E-state index is 0.0647. The summed E-state index contributed by atoms with van der Waals surface area (Å²) in [6.07, 6.45) is -0.868. The Balaban J connectivity index is 1.56. The Labute approximate surface area is 179 Å². The molecule has 2 amide bonds. The largest absolute Gasteiger partial charge is 0.480 e. The standard InChI is InChI=1S/C22H25N3O6/c1-25(2)31-13-20(26)23-11-19(21(27)28)24-22(29)30-12-18-16-9-5-3-7-14(16)15-8-4-6-10-17(15)18/h3-10,18-19H,11-13H2,1-2H3,(H,23,26)(H,24,29)(H,27,28)/t19-/m0/s1. The van der Waals surface area contributed by atoms with Crippen LogP contribution in [0.3, 0.4) is 0 Å². The van der Waals surface area contributed by atoms with Crippen molar-refractivity contribution < 1.29 is 29.1 Å². The Morgan fingerprint density at radius 2 is 1.61 bits per heavy atom. The minimum atomic E-state index is -1.33. The van der Waals surface area contributed by atoms with E-state index in [2.05, 4.69) is 10.6 Å². The molecular weight excluding hydrogens is 402 g/mol. The highest BCUT2D eigenvalue weighted by Crippen LogP contribution is 2.44. The zero-order valence-electron chi connectivity index (χ0n) is 17.3. The number of amides is 2. The van der Waals surface area contributed by atoms with Crippen LogP contribution in [-0.2, 0) is 19.2 Å². The number of hydrogen-bond donors (Lipinski definition) is 3. The fourth-order valence-corrected chi connectivity index (χ4v) is 3.44. The number of hydroxylamine groups is 2. The smallest absolute Gasteiger partial charge is 0.407 e. The van der Waals surface area contributed by atoms with Gasteiger partial charge in [-0.15, -0.1) is 0 Å². The monoisotopic (exact) mass is 427 g/mol. The Bertz CT molecular complexity index is 916. The first-order chi connectivity index (χ1) is 14.9. The van der Waals surface area contributed by atoms with Gasteiger partial charge in [0.05, 0.1) is 0 Å². The van der Waals surface area contributed by atoms with Gasteiger partial charge in [-0.1, -0.05) is 48.5 Å². The molecule has 2 aromatic carbocycles. The molecule has 1 aliphatic carbocycles. The first-order valence-corrected chi connectivity index (χ1v) is 9.78. The van der Waals surface area contributed by atoms with Gasteiger partial charge in [-0.25, -0.2) is 9.59 Å². The number of carbonyl (C=O) groups is 3. The van der Waals surface area contributed by atoms with Gasteiger partial charge in [0.15, 0.2) is 0 Å². The van der Waals surface area contributed by atoms with Crippen LogP contribution in [0.15, 0.2) is 48.5 Å². The molecule has 164 valence electrons. The summed E-state index contributed by atoms with van der Waals surface area (Å²) >= 11 is 0. The summed E-state index contributed by atoms with van der Waals surface area (Å²) in [7, 11) is 3.23. The van der Waals surface area contributed by atoms with Crippen LogP contribution < -0.4 is 10.6 Å². The van der Waals surface area contributed by atoms with Gasteiger partial charge in [0, 0.05) is 26.6 Å². The number of aliphatic carboxylic acids is 1. The van der Waals surface area contributed by atoms with E-state index >= 15 is 0 Å². The number of benzene rings is 2. The van der Waals surface area contributed by atoms with E-state index in [1.54, 1.807) is 14.1 Å². The number of carboxylic acids is 1. The molecule has 0 fully saturated rings. The first-order valence-electron chi connectivity index (χ1n) is 9.78. The van der Waals surface area contributed by atoms with Gasteiger partial charge in [0.25, 0.3) is 0 Å². The molecule has 0 heterocycles. The third-order valence-corrected chi connectivity index (χ3v) is 4.89. The molecule has 0 radical (unpaired) electrons. The highest BCUT2D eigenvalue weighted by atomic mass is 16.7. The lowest BCUT2D eigenvalue weighted by atomic mass is 9.98. The number of ether oxygens (including phenoxy) is 1. The Hall–Kier alpha value is -3.43. The highest BCUT2D eigenvalue weighted by molar-refractivity contribution is 5.82. The second-order valence-electron chi connectivity index (χ2n) is 7.25. The molecule has 1 aliphatic rings. The number of hydrogen-bond acceptors (Lipinski definition) is 6. The molecule has 1 atom stereocenters. The topological polar surface area (TPSA) is 117 Å². The molecule has 9 heteroatoms. The van der Waals surface area contributed by atoms with Crippen molar-refractivity contribution in [3.8, 4) is 11.1 Å². The van der Waals surface area contributed by atoms with E-state index in [4.69, 9.17) is 9.57 Å². The van der Waals surface area contributed by atoms with Crippen LogP contribution in [-0.4, -0.2) is 68.0 Å². The molecule has 0 aliphatic heterocycles. The van der Waals surface area contributed by atoms with E-state index in [-0.39, 0.29) is 25.7 Å². The van der Waals surface area contributed by atoms with Gasteiger partial charge in [-0.05, 0) is 22.3 Å². The summed E-state index contributed by atoms with van der Waals surface area (Å²) in [6, 6.07) is 14.5. The molecule has 0 bridgehead atoms. The summed E-state index contributed by atoms with van der Waals surface area (Å²) in [6.45, 7) is -0.491. The van der Waals surface area contributed by atoms with E-state index in [9.17, 15) is 19.5 Å². The van der Waals surface area contributed by atoms with Crippen LogP contribution in [0.1, 0.15) is 17.0 Å². The van der Waals surface area contributed by atoms with Gasteiger partial charge >= 0.3 is 12.1 Å². The van der Waals surface area contributed by atoms with E-state index in [0.717, 1.165) is 22.3 Å². The van der Waals surface area contributed by atoms with Gasteiger partial charge in [-0.3, -0.25) is 9.63 Å². The van der Waals surface area contributed by atoms with Crippen molar-refractivity contribution in [1.29, 1.82) is 0 Å². The van der Waals surface area contributed by atoms with Crippen LogP contribution in [0, 0.1) is 0 Å². The van der Waals surface area contributed by atoms with Crippen LogP contribution >= 0.6 is 0 Å². The zero-order valence-corrected chi connectivity index (χ0v) is 17.3. The van der Waals surface area contributed by atoms with Crippen LogP contribution in [0.4, 0.5) is 4.79 Å². The van der Waals surface area contributed by atoms with E-state index in [1.807, 2.05) is 48.5 Å². The van der Waals surface area contributed by atoms with Crippen molar-refractivity contribution in [2.75, 3.05) is 33.9 Å². The van der Waals surface area contributed by atoms with Gasteiger partial charge in [-0.2, -0.15) is 5.06 Å². The second kappa shape index (κ2) is 10.1. The number of nitrogens with one attached hydrogen (secondary N) is 2. The van der Waals surface area contributed by atoms with E-state index in [0.29, 0.717) is 0 Å². The molecule has 0 aromatic heterocycles. The van der Waals surface area contributed by atoms with Gasteiger partial charge < -0.3 is 20.5 Å². The van der Waals surface area contributed by atoms with Crippen molar-refractivity contribution in [3.05, 3.63) is 59.7 Å². The molecule has 0 saturated carbocycles. The average Bonchev–Trinajstić information content (AvgIpc) is 3.07. The number of rotatable bonds is 9. The quantitative estimate of drug-likeness (QED) is 0.520. The minimum Gasteiger partial charge on any atom is -0.480 e. The average molecular weight is 427 g/mol. The highest BCUT2D eigenvalue weighted by Gasteiger charge is 2.29. The SMILES string of the molecule is CN(C)OCC(=O)NC[C@H](NC(=O)OCC1c2ccccc2-c2ccccc21)C(=O)O.